The van der Waals surface area contributed by atoms with E-state index in [0.29, 0.717) is 13.0 Å². The molecule has 0 saturated carbocycles. The first-order valence-electron chi connectivity index (χ1n) is 14.2. The molecule has 1 fully saturated rings. The van der Waals surface area contributed by atoms with Gasteiger partial charge in [0, 0.05) is 31.0 Å². The Morgan fingerprint density at radius 2 is 1.57 bits per heavy atom. The van der Waals surface area contributed by atoms with Crippen molar-refractivity contribution in [3.8, 4) is 0 Å². The summed E-state index contributed by atoms with van der Waals surface area (Å²) in [6.45, 7) is 22.3. The van der Waals surface area contributed by atoms with Crippen molar-refractivity contribution in [3.05, 3.63) is 68.5 Å². The predicted molar refractivity (Wildman–Crippen MR) is 164 cm³/mol. The van der Waals surface area contributed by atoms with Gasteiger partial charge in [0.15, 0.2) is 16.6 Å². The summed E-state index contributed by atoms with van der Waals surface area (Å²) >= 11 is 0. The third-order valence-corrected chi connectivity index (χ3v) is 17.8. The van der Waals surface area contributed by atoms with E-state index in [4.69, 9.17) is 13.6 Å². The molecule has 1 N–H and O–H groups in total. The Balaban J connectivity index is 1.86. The molecule has 1 aliphatic rings. The van der Waals surface area contributed by atoms with E-state index in [2.05, 4.69) is 72.7 Å². The zero-order valence-corrected chi connectivity index (χ0v) is 27.9. The van der Waals surface area contributed by atoms with E-state index in [9.17, 15) is 14.4 Å². The molecule has 0 unspecified atom stereocenters. The normalized spacial score (nSPS) is 20.6. The number of carbonyl (C=O) groups excluding carboxylic acids is 1. The Bertz CT molecular complexity index is 1290. The summed E-state index contributed by atoms with van der Waals surface area (Å²) in [5, 5.41) is 0.0366. The zero-order chi connectivity index (χ0) is 30.1. The van der Waals surface area contributed by atoms with Crippen LogP contribution in [0.15, 0.2) is 46.1 Å². The molecule has 1 aliphatic heterocycles. The molecule has 0 aliphatic carbocycles. The van der Waals surface area contributed by atoms with Crippen LogP contribution in [-0.4, -0.2) is 50.8 Å². The van der Waals surface area contributed by atoms with Crippen LogP contribution in [0.2, 0.25) is 36.3 Å². The minimum Gasteiger partial charge on any atom is -0.414 e. The lowest BCUT2D eigenvalue weighted by molar-refractivity contribution is -0.117. The summed E-state index contributed by atoms with van der Waals surface area (Å²) in [5.74, 6) is -0.103. The molecule has 0 amide bonds. The standard InChI is InChI=1S/C30H48N2O6Si2/c1-29(2,3)39(7,8)36-20-25-24(38-40(9,10)30(4,5)6)18-26(37-25)32-19-22(27(34)31-28(32)35)17-23(33)16-21-14-12-11-13-15-21/h11-15,19,24-26H,16-18,20H2,1-10H3,(H,31,34,35)/t24-,25+,26+/m0/s1. The average molecular weight is 589 g/mol. The minimum absolute atomic E-state index is 0.00295. The van der Waals surface area contributed by atoms with Crippen molar-refractivity contribution in [1.82, 2.24) is 9.55 Å². The van der Waals surface area contributed by atoms with Gasteiger partial charge < -0.3 is 13.6 Å². The number of nitrogens with zero attached hydrogens (tertiary/aromatic N) is 1. The Kier molecular flexibility index (Phi) is 9.73. The van der Waals surface area contributed by atoms with Crippen LogP contribution in [0.1, 0.15) is 65.3 Å². The van der Waals surface area contributed by atoms with Crippen molar-refractivity contribution in [2.45, 2.75) is 116 Å². The molecule has 2 aromatic rings. The lowest BCUT2D eigenvalue weighted by Gasteiger charge is -2.40. The maximum absolute atomic E-state index is 12.9. The van der Waals surface area contributed by atoms with Crippen molar-refractivity contribution >= 4 is 22.4 Å². The van der Waals surface area contributed by atoms with Crippen LogP contribution in [-0.2, 0) is 31.2 Å². The summed E-state index contributed by atoms with van der Waals surface area (Å²) in [4.78, 5) is 40.7. The number of hydrogen-bond acceptors (Lipinski definition) is 6. The van der Waals surface area contributed by atoms with E-state index in [1.54, 1.807) is 0 Å². The summed E-state index contributed by atoms with van der Waals surface area (Å²) in [5.41, 5.74) is 0.0115. The van der Waals surface area contributed by atoms with Crippen molar-refractivity contribution in [3.63, 3.8) is 0 Å². The van der Waals surface area contributed by atoms with Crippen LogP contribution in [0.25, 0.3) is 0 Å². The van der Waals surface area contributed by atoms with Gasteiger partial charge in [-0.2, -0.15) is 0 Å². The molecule has 1 saturated heterocycles. The molecule has 1 aromatic carbocycles. The number of ether oxygens (including phenoxy) is 1. The quantitative estimate of drug-likeness (QED) is 0.363. The summed E-state index contributed by atoms with van der Waals surface area (Å²) in [6, 6.07) is 9.40. The van der Waals surface area contributed by atoms with E-state index < -0.39 is 34.1 Å². The van der Waals surface area contributed by atoms with Gasteiger partial charge in [0.05, 0.1) is 12.7 Å². The highest BCUT2D eigenvalue weighted by Crippen LogP contribution is 2.42. The highest BCUT2D eigenvalue weighted by molar-refractivity contribution is 6.74. The summed E-state index contributed by atoms with van der Waals surface area (Å²) < 4.78 is 21.2. The lowest BCUT2D eigenvalue weighted by atomic mass is 10.0. The molecule has 0 bridgehead atoms. The second kappa shape index (κ2) is 12.0. The van der Waals surface area contributed by atoms with E-state index >= 15 is 0 Å². The number of aromatic amines is 1. The van der Waals surface area contributed by atoms with E-state index in [1.165, 1.54) is 10.8 Å². The van der Waals surface area contributed by atoms with Crippen LogP contribution in [0.5, 0.6) is 0 Å². The maximum Gasteiger partial charge on any atom is 0.330 e. The van der Waals surface area contributed by atoms with E-state index in [-0.39, 0.29) is 46.5 Å². The third kappa shape index (κ3) is 7.79. The van der Waals surface area contributed by atoms with Crippen molar-refractivity contribution in [1.29, 1.82) is 0 Å². The number of aromatic nitrogens is 2. The number of hydrogen-bond donors (Lipinski definition) is 1. The topological polar surface area (TPSA) is 99.6 Å². The lowest BCUT2D eigenvalue weighted by Crippen LogP contribution is -2.48. The van der Waals surface area contributed by atoms with Crippen molar-refractivity contribution in [2.24, 2.45) is 0 Å². The van der Waals surface area contributed by atoms with Crippen molar-refractivity contribution in [2.75, 3.05) is 6.61 Å². The fourth-order valence-corrected chi connectivity index (χ4v) is 6.55. The highest BCUT2D eigenvalue weighted by atomic mass is 28.4. The largest absolute Gasteiger partial charge is 0.414 e. The van der Waals surface area contributed by atoms with Crippen LogP contribution in [0, 0.1) is 0 Å². The molecule has 3 rings (SSSR count). The van der Waals surface area contributed by atoms with Gasteiger partial charge in [0.2, 0.25) is 0 Å². The molecule has 8 nitrogen and oxygen atoms in total. The van der Waals surface area contributed by atoms with Crippen LogP contribution in [0.4, 0.5) is 0 Å². The molecule has 0 spiro atoms. The molecular formula is C30H48N2O6Si2. The van der Waals surface area contributed by atoms with Gasteiger partial charge >= 0.3 is 5.69 Å². The Morgan fingerprint density at radius 1 is 0.975 bits per heavy atom. The number of ketones is 1. The van der Waals surface area contributed by atoms with Gasteiger partial charge in [-0.3, -0.25) is 19.1 Å². The summed E-state index contributed by atoms with van der Waals surface area (Å²) in [6.07, 6.45) is 0.799. The Labute approximate surface area is 240 Å². The molecule has 222 valence electrons. The molecule has 3 atom stereocenters. The smallest absolute Gasteiger partial charge is 0.330 e. The zero-order valence-electron chi connectivity index (χ0n) is 25.9. The molecule has 2 heterocycles. The van der Waals surface area contributed by atoms with Gasteiger partial charge in [-0.1, -0.05) is 71.9 Å². The van der Waals surface area contributed by atoms with Gasteiger partial charge in [-0.05, 0) is 41.8 Å². The van der Waals surface area contributed by atoms with Gasteiger partial charge in [0.1, 0.15) is 18.1 Å². The third-order valence-electron chi connectivity index (χ3n) is 8.83. The number of carbonyl (C=O) groups is 1. The molecular weight excluding hydrogens is 541 g/mol. The fraction of sp³-hybridized carbons (Fsp3) is 0.633. The van der Waals surface area contributed by atoms with Gasteiger partial charge in [-0.15, -0.1) is 0 Å². The SMILES string of the molecule is CC(C)(C)[Si](C)(C)OC[C@H]1O[C@@H](n2cc(CC(=O)Cc3ccccc3)c(=O)[nH]c2=O)C[C@@H]1O[Si](C)(C)C(C)(C)C. The molecule has 0 radical (unpaired) electrons. The molecule has 10 heteroatoms. The second-order valence-corrected chi connectivity index (χ2v) is 23.6. The number of Topliss-reactive ketones (excluding diaryl/α,β-unsaturated/α-hetero) is 1. The summed E-state index contributed by atoms with van der Waals surface area (Å²) in [7, 11) is -4.21. The van der Waals surface area contributed by atoms with Gasteiger partial charge in [-0.25, -0.2) is 4.79 Å². The first-order valence-corrected chi connectivity index (χ1v) is 20.0. The predicted octanol–water partition coefficient (Wildman–Crippen LogP) is 5.59. The minimum atomic E-state index is -2.16. The van der Waals surface area contributed by atoms with E-state index in [0.717, 1.165) is 5.56 Å². The molecule has 1 aromatic heterocycles. The Morgan fingerprint density at radius 3 is 2.15 bits per heavy atom. The van der Waals surface area contributed by atoms with Crippen LogP contribution >= 0.6 is 0 Å². The maximum atomic E-state index is 12.9. The number of nitrogens with one attached hydrogen (secondary N) is 1. The van der Waals surface area contributed by atoms with Gasteiger partial charge in [0.25, 0.3) is 5.56 Å². The molecule has 40 heavy (non-hydrogen) atoms. The average Bonchev–Trinajstić information content (AvgIpc) is 3.20. The monoisotopic (exact) mass is 588 g/mol. The first kappa shape index (κ1) is 32.4. The first-order chi connectivity index (χ1) is 18.3. The highest BCUT2D eigenvalue weighted by Gasteiger charge is 2.46. The fourth-order valence-electron chi connectivity index (χ4n) is 4.17. The number of rotatable bonds is 10. The Hall–Kier alpha value is -2.12. The number of H-pyrrole nitrogens is 1. The van der Waals surface area contributed by atoms with Crippen LogP contribution < -0.4 is 11.2 Å². The van der Waals surface area contributed by atoms with Crippen molar-refractivity contribution < 1.29 is 18.4 Å². The number of benzene rings is 1. The van der Waals surface area contributed by atoms with E-state index in [1.807, 2.05) is 30.3 Å². The van der Waals surface area contributed by atoms with Crippen LogP contribution in [0.3, 0.4) is 0 Å². The second-order valence-electron chi connectivity index (χ2n) is 14.1.